The Morgan fingerprint density at radius 2 is 1.73 bits per heavy atom. The number of rotatable bonds is 0. The highest BCUT2D eigenvalue weighted by Crippen LogP contribution is 2.71. The molecule has 2 N–H and O–H groups in total. The van der Waals surface area contributed by atoms with Crippen molar-refractivity contribution in [2.24, 2.45) is 29.1 Å². The van der Waals surface area contributed by atoms with Gasteiger partial charge in [0.1, 0.15) is 30.0 Å². The van der Waals surface area contributed by atoms with Gasteiger partial charge in [-0.25, -0.2) is 4.79 Å². The summed E-state index contributed by atoms with van der Waals surface area (Å²) in [6.45, 7) is 8.55. The van der Waals surface area contributed by atoms with E-state index in [9.17, 15) is 29.4 Å². The molecule has 11 heteroatoms. The molecule has 6 saturated heterocycles. The maximum Gasteiger partial charge on any atom is 0.341 e. The van der Waals surface area contributed by atoms with E-state index in [1.54, 1.807) is 13.0 Å². The summed E-state index contributed by atoms with van der Waals surface area (Å²) in [5.41, 5.74) is -6.47. The molecule has 2 bridgehead atoms. The van der Waals surface area contributed by atoms with E-state index in [-0.39, 0.29) is 31.5 Å². The monoisotopic (exact) mass is 558 g/mol. The molecule has 0 aromatic carbocycles. The summed E-state index contributed by atoms with van der Waals surface area (Å²) in [5.74, 6) is -8.32. The van der Waals surface area contributed by atoms with E-state index < -0.39 is 93.0 Å². The van der Waals surface area contributed by atoms with Crippen molar-refractivity contribution < 1.29 is 53.1 Å². The number of ketones is 2. The Morgan fingerprint density at radius 3 is 2.45 bits per heavy atom. The van der Waals surface area contributed by atoms with Crippen molar-refractivity contribution in [3.63, 3.8) is 0 Å². The van der Waals surface area contributed by atoms with E-state index in [2.05, 4.69) is 0 Å². The molecule has 6 heterocycles. The summed E-state index contributed by atoms with van der Waals surface area (Å²) in [6.07, 6.45) is 0.0827. The standard InChI is InChI=1S/C29H34O11/c1-12-16-17-21(25(5,34)22(33)36-17)38-29-18(16)24(4,19(12)31)8-9-26(40-29)11-27-14(7-6-13(26)20(29)32)23(2,3)39-28(27,35)10-15(30)37-27/h6,12,14,16-18,21,34-35H,7-11H2,1-5H3. The van der Waals surface area contributed by atoms with Gasteiger partial charge < -0.3 is 33.9 Å². The second-order valence-corrected chi connectivity index (χ2v) is 14.4. The van der Waals surface area contributed by atoms with Crippen LogP contribution in [0.5, 0.6) is 0 Å². The zero-order chi connectivity index (χ0) is 28.6. The van der Waals surface area contributed by atoms with Crippen molar-refractivity contribution in [3.8, 4) is 0 Å². The molecule has 0 aromatic rings. The third kappa shape index (κ3) is 2.43. The molecule has 11 nitrogen and oxygen atoms in total. The summed E-state index contributed by atoms with van der Waals surface area (Å²) >= 11 is 0. The third-order valence-corrected chi connectivity index (χ3v) is 12.0. The second kappa shape index (κ2) is 6.72. The minimum atomic E-state index is -2.05. The number of carbonyl (C=O) groups is 4. The number of carbonyl (C=O) groups excluding carboxylic acids is 4. The predicted molar refractivity (Wildman–Crippen MR) is 130 cm³/mol. The Kier molecular flexibility index (Phi) is 4.29. The van der Waals surface area contributed by atoms with Gasteiger partial charge in [-0.2, -0.15) is 0 Å². The maximum absolute atomic E-state index is 14.7. The van der Waals surface area contributed by atoms with Gasteiger partial charge in [0, 0.05) is 41.1 Å². The normalized spacial score (nSPS) is 58.6. The van der Waals surface area contributed by atoms with Crippen molar-refractivity contribution in [1.82, 2.24) is 0 Å². The summed E-state index contributed by atoms with van der Waals surface area (Å²) < 4.78 is 31.2. The van der Waals surface area contributed by atoms with Crippen molar-refractivity contribution in [2.45, 2.75) is 113 Å². The quantitative estimate of drug-likeness (QED) is 0.407. The molecule has 7 fully saturated rings. The number of Topliss-reactive ketones (excluding diaryl/α,β-unsaturated/α-hetero) is 2. The lowest BCUT2D eigenvalue weighted by molar-refractivity contribution is -0.340. The van der Waals surface area contributed by atoms with Gasteiger partial charge in [-0.1, -0.05) is 19.9 Å². The summed E-state index contributed by atoms with van der Waals surface area (Å²) in [5, 5.41) is 22.9. The highest BCUT2D eigenvalue weighted by molar-refractivity contribution is 6.07. The first-order chi connectivity index (χ1) is 18.5. The van der Waals surface area contributed by atoms with Crippen LogP contribution in [0.1, 0.15) is 66.7 Å². The van der Waals surface area contributed by atoms with E-state index in [4.69, 9.17) is 23.7 Å². The zero-order valence-electron chi connectivity index (χ0n) is 23.1. The highest BCUT2D eigenvalue weighted by atomic mass is 16.7. The number of aliphatic hydroxyl groups is 2. The van der Waals surface area contributed by atoms with Gasteiger partial charge in [0.2, 0.25) is 17.4 Å². The molecule has 216 valence electrons. The van der Waals surface area contributed by atoms with E-state index in [1.807, 2.05) is 20.8 Å². The lowest BCUT2D eigenvalue weighted by Crippen LogP contribution is -2.65. The van der Waals surface area contributed by atoms with Gasteiger partial charge in [0.25, 0.3) is 0 Å². The van der Waals surface area contributed by atoms with Crippen molar-refractivity contribution >= 4 is 23.5 Å². The Bertz CT molecular complexity index is 1370. The van der Waals surface area contributed by atoms with Crippen molar-refractivity contribution in [1.29, 1.82) is 0 Å². The number of hydrogen-bond acceptors (Lipinski definition) is 11. The van der Waals surface area contributed by atoms with E-state index >= 15 is 0 Å². The Hall–Kier alpha value is -2.18. The molecule has 12 atom stereocenters. The van der Waals surface area contributed by atoms with Crippen LogP contribution in [0, 0.1) is 29.1 Å². The minimum Gasteiger partial charge on any atom is -0.457 e. The molecular weight excluding hydrogens is 524 g/mol. The third-order valence-electron chi connectivity index (χ3n) is 12.0. The fourth-order valence-corrected chi connectivity index (χ4v) is 10.3. The molecule has 3 spiro atoms. The van der Waals surface area contributed by atoms with Gasteiger partial charge in [0.15, 0.2) is 11.2 Å². The number of fused-ring (bicyclic) bond motifs is 2. The van der Waals surface area contributed by atoms with Crippen LogP contribution in [0.25, 0.3) is 0 Å². The first-order valence-electron chi connectivity index (χ1n) is 14.2. The van der Waals surface area contributed by atoms with E-state index in [0.29, 0.717) is 12.0 Å². The number of allylic oxidation sites excluding steroid dienone is 1. The highest BCUT2D eigenvalue weighted by Gasteiger charge is 2.84. The largest absolute Gasteiger partial charge is 0.457 e. The van der Waals surface area contributed by atoms with E-state index in [0.717, 1.165) is 0 Å². The molecule has 40 heavy (non-hydrogen) atoms. The van der Waals surface area contributed by atoms with Gasteiger partial charge >= 0.3 is 11.9 Å². The smallest absolute Gasteiger partial charge is 0.341 e. The number of esters is 2. The van der Waals surface area contributed by atoms with Gasteiger partial charge in [-0.3, -0.25) is 14.4 Å². The van der Waals surface area contributed by atoms with Gasteiger partial charge in [0.05, 0.1) is 5.60 Å². The van der Waals surface area contributed by atoms with Crippen molar-refractivity contribution in [3.05, 3.63) is 11.6 Å². The summed E-state index contributed by atoms with van der Waals surface area (Å²) in [6, 6.07) is 0. The summed E-state index contributed by atoms with van der Waals surface area (Å²) in [4.78, 5) is 54.1. The molecule has 1 saturated carbocycles. The average molecular weight is 559 g/mol. The van der Waals surface area contributed by atoms with Crippen LogP contribution in [0.4, 0.5) is 0 Å². The number of hydrogen-bond donors (Lipinski definition) is 2. The zero-order valence-corrected chi connectivity index (χ0v) is 23.1. The van der Waals surface area contributed by atoms with Crippen LogP contribution in [-0.4, -0.2) is 79.9 Å². The van der Waals surface area contributed by atoms with Gasteiger partial charge in [-0.15, -0.1) is 0 Å². The predicted octanol–water partition coefficient (Wildman–Crippen LogP) is 0.867. The van der Waals surface area contributed by atoms with E-state index in [1.165, 1.54) is 6.92 Å². The van der Waals surface area contributed by atoms with Crippen LogP contribution >= 0.6 is 0 Å². The maximum atomic E-state index is 14.7. The Labute approximate surface area is 230 Å². The number of ether oxygens (including phenoxy) is 5. The second-order valence-electron chi connectivity index (χ2n) is 14.4. The fraction of sp³-hybridized carbons (Fsp3) is 0.793. The molecule has 8 rings (SSSR count). The van der Waals surface area contributed by atoms with Crippen LogP contribution in [0.3, 0.4) is 0 Å². The van der Waals surface area contributed by atoms with Crippen LogP contribution < -0.4 is 0 Å². The van der Waals surface area contributed by atoms with Crippen molar-refractivity contribution in [2.75, 3.05) is 0 Å². The SMILES string of the molecule is CC1C(=O)C2(C)CCC34CC56OC(=O)CC5(O)OC(C)(C)C6CC=C3C(=O)C3(OC5C(OC(=O)C5(C)O)C1C23)O4. The minimum absolute atomic E-state index is 0.0594. The Balaban J connectivity index is 1.34. The fourth-order valence-electron chi connectivity index (χ4n) is 10.3. The van der Waals surface area contributed by atoms with Crippen LogP contribution in [-0.2, 0) is 42.9 Å². The Morgan fingerprint density at radius 1 is 1.00 bits per heavy atom. The molecule has 0 amide bonds. The first kappa shape index (κ1) is 25.5. The molecule has 6 aliphatic heterocycles. The molecular formula is C29H34O11. The average Bonchev–Trinajstić information content (AvgIpc) is 3.35. The molecule has 0 aromatic heterocycles. The van der Waals surface area contributed by atoms with Crippen LogP contribution in [0.2, 0.25) is 0 Å². The topological polar surface area (TPSA) is 155 Å². The molecule has 2 aliphatic carbocycles. The molecule has 0 radical (unpaired) electrons. The molecule has 12 unspecified atom stereocenters. The van der Waals surface area contributed by atoms with Gasteiger partial charge in [-0.05, 0) is 40.0 Å². The lowest BCUT2D eigenvalue weighted by atomic mass is 9.62. The lowest BCUT2D eigenvalue weighted by Gasteiger charge is -2.50. The first-order valence-corrected chi connectivity index (χ1v) is 14.2. The van der Waals surface area contributed by atoms with Crippen LogP contribution in [0.15, 0.2) is 11.6 Å². The summed E-state index contributed by atoms with van der Waals surface area (Å²) in [7, 11) is 0. The molecule has 8 aliphatic rings.